The first-order chi connectivity index (χ1) is 12.6. The smallest absolute Gasteiger partial charge is 0.257 e. The molecule has 1 amide bonds. The number of ketones is 1. The van der Waals surface area contributed by atoms with E-state index in [1.165, 1.54) is 0 Å². The monoisotopic (exact) mass is 369 g/mol. The third kappa shape index (κ3) is 2.96. The second-order valence-corrected chi connectivity index (χ2v) is 7.40. The number of thiophene rings is 1. The van der Waals surface area contributed by atoms with Gasteiger partial charge >= 0.3 is 0 Å². The average molecular weight is 369 g/mol. The normalized spacial score (nSPS) is 17.4. The van der Waals surface area contributed by atoms with Crippen molar-refractivity contribution in [3.05, 3.63) is 47.5 Å². The Labute approximate surface area is 154 Å². The zero-order valence-electron chi connectivity index (χ0n) is 14.4. The SMILES string of the molecule is Cn1ccnc1C(=O)[C@@H]1CCCN(C(=O)c2cn[nH]c2-c2cccs2)C1. The molecular weight excluding hydrogens is 350 g/mol. The van der Waals surface area contributed by atoms with Crippen LogP contribution in [0.1, 0.15) is 33.8 Å². The van der Waals surface area contributed by atoms with Crippen molar-refractivity contribution in [3.63, 3.8) is 0 Å². The molecule has 4 rings (SSSR count). The fourth-order valence-electron chi connectivity index (χ4n) is 3.39. The van der Waals surface area contributed by atoms with Crippen molar-refractivity contribution in [3.8, 4) is 10.6 Å². The van der Waals surface area contributed by atoms with Gasteiger partial charge in [-0.05, 0) is 24.3 Å². The summed E-state index contributed by atoms with van der Waals surface area (Å²) in [5, 5.41) is 8.94. The molecule has 134 valence electrons. The van der Waals surface area contributed by atoms with Crippen molar-refractivity contribution in [1.29, 1.82) is 0 Å². The van der Waals surface area contributed by atoms with Gasteiger partial charge in [-0.1, -0.05) is 6.07 Å². The van der Waals surface area contributed by atoms with Crippen LogP contribution in [0.5, 0.6) is 0 Å². The summed E-state index contributed by atoms with van der Waals surface area (Å²) >= 11 is 1.56. The zero-order valence-corrected chi connectivity index (χ0v) is 15.2. The number of H-pyrrole nitrogens is 1. The molecule has 1 fully saturated rings. The number of hydrogen-bond donors (Lipinski definition) is 1. The van der Waals surface area contributed by atoms with Crippen molar-refractivity contribution in [2.75, 3.05) is 13.1 Å². The molecule has 1 saturated heterocycles. The second kappa shape index (κ2) is 6.87. The number of aromatic amines is 1. The van der Waals surface area contributed by atoms with Gasteiger partial charge in [0.15, 0.2) is 5.82 Å². The Bertz CT molecular complexity index is 927. The topological polar surface area (TPSA) is 83.9 Å². The molecule has 1 aliphatic rings. The first-order valence-electron chi connectivity index (χ1n) is 8.53. The molecule has 0 spiro atoms. The molecule has 0 aliphatic carbocycles. The Balaban J connectivity index is 1.54. The molecule has 0 aromatic carbocycles. The van der Waals surface area contributed by atoms with Gasteiger partial charge in [0.25, 0.3) is 5.91 Å². The van der Waals surface area contributed by atoms with E-state index in [1.54, 1.807) is 39.4 Å². The van der Waals surface area contributed by atoms with Crippen molar-refractivity contribution < 1.29 is 9.59 Å². The van der Waals surface area contributed by atoms with Gasteiger partial charge in [-0.3, -0.25) is 14.7 Å². The summed E-state index contributed by atoms with van der Waals surface area (Å²) in [5.74, 6) is 0.151. The molecular formula is C18H19N5O2S. The summed E-state index contributed by atoms with van der Waals surface area (Å²) in [6.07, 6.45) is 6.54. The predicted octanol–water partition coefficient (Wildman–Crippen LogP) is 2.61. The molecule has 1 atom stereocenters. The number of rotatable bonds is 4. The van der Waals surface area contributed by atoms with Crippen LogP contribution >= 0.6 is 11.3 Å². The summed E-state index contributed by atoms with van der Waals surface area (Å²) < 4.78 is 1.73. The van der Waals surface area contributed by atoms with E-state index in [0.29, 0.717) is 24.5 Å². The van der Waals surface area contributed by atoms with E-state index >= 15 is 0 Å². The van der Waals surface area contributed by atoms with Crippen LogP contribution in [0.4, 0.5) is 0 Å². The number of amides is 1. The third-order valence-electron chi connectivity index (χ3n) is 4.76. The van der Waals surface area contributed by atoms with Crippen LogP contribution in [0, 0.1) is 5.92 Å². The Morgan fingerprint density at radius 2 is 2.27 bits per heavy atom. The molecule has 0 radical (unpaired) electrons. The molecule has 8 heteroatoms. The Morgan fingerprint density at radius 3 is 3.00 bits per heavy atom. The number of Topliss-reactive ketones (excluding diaryl/α,β-unsaturated/α-hetero) is 1. The number of aromatic nitrogens is 4. The van der Waals surface area contributed by atoms with Crippen LogP contribution < -0.4 is 0 Å². The highest BCUT2D eigenvalue weighted by atomic mass is 32.1. The van der Waals surface area contributed by atoms with Crippen molar-refractivity contribution in [2.45, 2.75) is 12.8 Å². The van der Waals surface area contributed by atoms with Crippen LogP contribution in [0.3, 0.4) is 0 Å². The van der Waals surface area contributed by atoms with E-state index in [9.17, 15) is 9.59 Å². The van der Waals surface area contributed by atoms with E-state index < -0.39 is 0 Å². The molecule has 1 N–H and O–H groups in total. The number of likely N-dealkylation sites (tertiary alicyclic amines) is 1. The van der Waals surface area contributed by atoms with Gasteiger partial charge in [0.1, 0.15) is 0 Å². The van der Waals surface area contributed by atoms with Gasteiger partial charge in [-0.15, -0.1) is 11.3 Å². The highest BCUT2D eigenvalue weighted by molar-refractivity contribution is 7.13. The number of piperidine rings is 1. The van der Waals surface area contributed by atoms with Gasteiger partial charge in [0.05, 0.1) is 22.3 Å². The largest absolute Gasteiger partial charge is 0.338 e. The number of imidazole rings is 1. The van der Waals surface area contributed by atoms with Gasteiger partial charge in [-0.2, -0.15) is 5.10 Å². The standard InChI is InChI=1S/C18H19N5O2S/c1-22-8-6-19-17(22)16(24)12-4-2-7-23(11-12)18(25)13-10-20-21-15(13)14-5-3-9-26-14/h3,5-6,8-10,12H,2,4,7,11H2,1H3,(H,20,21)/t12-/m1/s1. The maximum Gasteiger partial charge on any atom is 0.257 e. The van der Waals surface area contributed by atoms with Crippen LogP contribution in [0.15, 0.2) is 36.1 Å². The number of nitrogens with zero attached hydrogens (tertiary/aromatic N) is 4. The van der Waals surface area contributed by atoms with Crippen molar-refractivity contribution >= 4 is 23.0 Å². The Hall–Kier alpha value is -2.74. The molecule has 3 aromatic rings. The van der Waals surface area contributed by atoms with Crippen LogP contribution in [-0.4, -0.2) is 49.4 Å². The molecule has 26 heavy (non-hydrogen) atoms. The summed E-state index contributed by atoms with van der Waals surface area (Å²) in [7, 11) is 1.81. The summed E-state index contributed by atoms with van der Waals surface area (Å²) in [6, 6.07) is 3.90. The molecule has 0 saturated carbocycles. The van der Waals surface area contributed by atoms with E-state index in [-0.39, 0.29) is 17.6 Å². The lowest BCUT2D eigenvalue weighted by Gasteiger charge is -2.31. The average Bonchev–Trinajstić information content (AvgIpc) is 3.41. The van der Waals surface area contributed by atoms with Crippen LogP contribution in [0.2, 0.25) is 0 Å². The number of nitrogens with one attached hydrogen (secondary N) is 1. The minimum Gasteiger partial charge on any atom is -0.338 e. The van der Waals surface area contributed by atoms with Gasteiger partial charge in [0, 0.05) is 38.4 Å². The minimum absolute atomic E-state index is 0.000624. The summed E-state index contributed by atoms with van der Waals surface area (Å²) in [5.41, 5.74) is 1.29. The third-order valence-corrected chi connectivity index (χ3v) is 5.65. The Kier molecular flexibility index (Phi) is 4.42. The minimum atomic E-state index is -0.217. The molecule has 1 aliphatic heterocycles. The van der Waals surface area contributed by atoms with Gasteiger partial charge < -0.3 is 9.47 Å². The fourth-order valence-corrected chi connectivity index (χ4v) is 4.12. The second-order valence-electron chi connectivity index (χ2n) is 6.45. The molecule has 4 heterocycles. The Morgan fingerprint density at radius 1 is 1.38 bits per heavy atom. The van der Waals surface area contributed by atoms with Gasteiger partial charge in [0.2, 0.25) is 5.78 Å². The maximum atomic E-state index is 13.0. The van der Waals surface area contributed by atoms with Crippen LogP contribution in [0.25, 0.3) is 10.6 Å². The fraction of sp³-hybridized carbons (Fsp3) is 0.333. The number of hydrogen-bond acceptors (Lipinski definition) is 5. The lowest BCUT2D eigenvalue weighted by Crippen LogP contribution is -2.42. The quantitative estimate of drug-likeness (QED) is 0.717. The van der Waals surface area contributed by atoms with Crippen LogP contribution in [-0.2, 0) is 7.05 Å². The number of carbonyl (C=O) groups excluding carboxylic acids is 2. The van der Waals surface area contributed by atoms with E-state index in [4.69, 9.17) is 0 Å². The molecule has 0 unspecified atom stereocenters. The highest BCUT2D eigenvalue weighted by Gasteiger charge is 2.32. The highest BCUT2D eigenvalue weighted by Crippen LogP contribution is 2.28. The van der Waals surface area contributed by atoms with E-state index in [1.807, 2.05) is 24.6 Å². The lowest BCUT2D eigenvalue weighted by atomic mass is 9.93. The first-order valence-corrected chi connectivity index (χ1v) is 9.41. The van der Waals surface area contributed by atoms with Crippen molar-refractivity contribution in [1.82, 2.24) is 24.6 Å². The summed E-state index contributed by atoms with van der Waals surface area (Å²) in [4.78, 5) is 32.7. The number of aryl methyl sites for hydroxylation is 1. The number of carbonyl (C=O) groups is 2. The maximum absolute atomic E-state index is 13.0. The zero-order chi connectivity index (χ0) is 18.1. The van der Waals surface area contributed by atoms with E-state index in [2.05, 4.69) is 15.2 Å². The van der Waals surface area contributed by atoms with Gasteiger partial charge in [-0.25, -0.2) is 4.98 Å². The molecule has 3 aromatic heterocycles. The molecule has 0 bridgehead atoms. The lowest BCUT2D eigenvalue weighted by molar-refractivity contribution is 0.0633. The van der Waals surface area contributed by atoms with Crippen molar-refractivity contribution in [2.24, 2.45) is 13.0 Å². The first kappa shape index (κ1) is 16.7. The predicted molar refractivity (Wildman–Crippen MR) is 98.1 cm³/mol. The summed E-state index contributed by atoms with van der Waals surface area (Å²) in [6.45, 7) is 1.07. The molecule has 7 nitrogen and oxygen atoms in total. The van der Waals surface area contributed by atoms with E-state index in [0.717, 1.165) is 23.4 Å².